The molecule has 2 heterocycles. The quantitative estimate of drug-likeness (QED) is 0.158. The van der Waals surface area contributed by atoms with Gasteiger partial charge in [-0.3, -0.25) is 0 Å². The normalized spacial score (nSPS) is 11.7. The SMILES string of the molecule is c1ccc(-c2ccc(N(c3ccc4oc5cccc(-c6ccc7c(ccc8ccccc87)c6)c5c4c3)c3ccc4c(c3)c3ccccc3n4-c3ccccc3)cc2)cc1. The highest BCUT2D eigenvalue weighted by atomic mass is 16.3. The molecule has 12 rings (SSSR count). The number of furan rings is 1. The van der Waals surface area contributed by atoms with Gasteiger partial charge in [-0.1, -0.05) is 140 Å². The standard InChI is InChI=1S/C56H36N2O/c1-3-12-37(13-4-1)38-24-27-43(28-25-38)57(44-29-32-53-50(35-44)49-18-9-10-20-52(49)58(53)42-15-5-2-6-16-42)45-30-33-54-51(36-45)56-48(19-11-21-55(56)59-54)41-26-31-47-40(34-41)23-22-39-14-7-8-17-46(39)47/h1-36H. The van der Waals surface area contributed by atoms with Gasteiger partial charge in [0, 0.05) is 44.3 Å². The van der Waals surface area contributed by atoms with E-state index in [9.17, 15) is 0 Å². The molecule has 12 aromatic rings. The Morgan fingerprint density at radius 2 is 0.966 bits per heavy atom. The Bertz CT molecular complexity index is 3540. The molecule has 0 unspecified atom stereocenters. The third-order valence-corrected chi connectivity index (χ3v) is 12.0. The maximum atomic E-state index is 6.60. The lowest BCUT2D eigenvalue weighted by atomic mass is 9.95. The summed E-state index contributed by atoms with van der Waals surface area (Å²) < 4.78 is 8.97. The van der Waals surface area contributed by atoms with Crippen molar-refractivity contribution in [2.45, 2.75) is 0 Å². The van der Waals surface area contributed by atoms with Crippen LogP contribution in [-0.2, 0) is 0 Å². The Kier molecular flexibility index (Phi) is 7.54. The summed E-state index contributed by atoms with van der Waals surface area (Å²) in [5.41, 5.74) is 13.1. The summed E-state index contributed by atoms with van der Waals surface area (Å²) in [6, 6.07) is 78.7. The maximum Gasteiger partial charge on any atom is 0.136 e. The summed E-state index contributed by atoms with van der Waals surface area (Å²) in [5.74, 6) is 0. The monoisotopic (exact) mass is 752 g/mol. The van der Waals surface area contributed by atoms with Crippen LogP contribution < -0.4 is 4.90 Å². The second-order valence-electron chi connectivity index (χ2n) is 15.3. The molecule has 0 fully saturated rings. The zero-order chi connectivity index (χ0) is 38.9. The highest BCUT2D eigenvalue weighted by molar-refractivity contribution is 6.15. The summed E-state index contributed by atoms with van der Waals surface area (Å²) in [5, 5.41) is 9.63. The van der Waals surface area contributed by atoms with Crippen LogP contribution in [-0.4, -0.2) is 4.57 Å². The third kappa shape index (κ3) is 5.44. The molecule has 2 aromatic heterocycles. The van der Waals surface area contributed by atoms with E-state index in [1.807, 2.05) is 0 Å². The van der Waals surface area contributed by atoms with Crippen molar-refractivity contribution in [2.75, 3.05) is 4.90 Å². The molecule has 0 aliphatic heterocycles. The number of benzene rings is 10. The highest BCUT2D eigenvalue weighted by Crippen LogP contribution is 2.44. The molecule has 0 spiro atoms. The average molecular weight is 753 g/mol. The van der Waals surface area contributed by atoms with E-state index >= 15 is 0 Å². The second-order valence-corrected chi connectivity index (χ2v) is 15.3. The predicted molar refractivity (Wildman–Crippen MR) is 249 cm³/mol. The summed E-state index contributed by atoms with van der Waals surface area (Å²) in [7, 11) is 0. The van der Waals surface area contributed by atoms with Gasteiger partial charge in [0.05, 0.1) is 11.0 Å². The Labute approximate surface area is 341 Å². The largest absolute Gasteiger partial charge is 0.456 e. The van der Waals surface area contributed by atoms with Crippen molar-refractivity contribution < 1.29 is 4.42 Å². The number of aromatic nitrogens is 1. The maximum absolute atomic E-state index is 6.60. The van der Waals surface area contributed by atoms with E-state index < -0.39 is 0 Å². The predicted octanol–water partition coefficient (Wildman–Crippen LogP) is 15.8. The summed E-state index contributed by atoms with van der Waals surface area (Å²) in [6.45, 7) is 0. The number of nitrogens with zero attached hydrogens (tertiary/aromatic N) is 2. The molecule has 0 N–H and O–H groups in total. The zero-order valence-corrected chi connectivity index (χ0v) is 32.1. The van der Waals surface area contributed by atoms with Crippen LogP contribution in [0.3, 0.4) is 0 Å². The van der Waals surface area contributed by atoms with Crippen LogP contribution in [0.4, 0.5) is 17.1 Å². The van der Waals surface area contributed by atoms with E-state index in [0.29, 0.717) is 0 Å². The van der Waals surface area contributed by atoms with Crippen molar-refractivity contribution in [1.29, 1.82) is 0 Å². The van der Waals surface area contributed by atoms with Gasteiger partial charge in [0.15, 0.2) is 0 Å². The zero-order valence-electron chi connectivity index (χ0n) is 32.1. The minimum atomic E-state index is 0.865. The molecule has 3 nitrogen and oxygen atoms in total. The fourth-order valence-corrected chi connectivity index (χ4v) is 9.21. The fourth-order valence-electron chi connectivity index (χ4n) is 9.21. The van der Waals surface area contributed by atoms with Crippen molar-refractivity contribution in [2.24, 2.45) is 0 Å². The van der Waals surface area contributed by atoms with Crippen LogP contribution in [0.2, 0.25) is 0 Å². The molecule has 0 bridgehead atoms. The molecular weight excluding hydrogens is 717 g/mol. The number of rotatable bonds is 6. The molecule has 276 valence electrons. The molecule has 0 saturated carbocycles. The van der Waals surface area contributed by atoms with Gasteiger partial charge in [-0.15, -0.1) is 0 Å². The van der Waals surface area contributed by atoms with Crippen molar-refractivity contribution in [3.05, 3.63) is 218 Å². The second kappa shape index (κ2) is 13.4. The van der Waals surface area contributed by atoms with E-state index in [1.165, 1.54) is 60.0 Å². The molecule has 0 aliphatic carbocycles. The molecule has 0 radical (unpaired) electrons. The van der Waals surface area contributed by atoms with Crippen LogP contribution in [0.15, 0.2) is 223 Å². The fraction of sp³-hybridized carbons (Fsp3) is 0. The smallest absolute Gasteiger partial charge is 0.136 e. The van der Waals surface area contributed by atoms with Crippen molar-refractivity contribution in [3.8, 4) is 27.9 Å². The van der Waals surface area contributed by atoms with Crippen molar-refractivity contribution in [3.63, 3.8) is 0 Å². The molecule has 0 aliphatic rings. The lowest BCUT2D eigenvalue weighted by Gasteiger charge is -2.26. The minimum Gasteiger partial charge on any atom is -0.456 e. The molecule has 0 atom stereocenters. The first-order chi connectivity index (χ1) is 29.2. The molecule has 3 heteroatoms. The molecule has 10 aromatic carbocycles. The highest BCUT2D eigenvalue weighted by Gasteiger charge is 2.20. The number of hydrogen-bond donors (Lipinski definition) is 0. The number of hydrogen-bond acceptors (Lipinski definition) is 2. The number of fused-ring (bicyclic) bond motifs is 9. The summed E-state index contributed by atoms with van der Waals surface area (Å²) in [6.07, 6.45) is 0. The first kappa shape index (κ1) is 33.3. The topological polar surface area (TPSA) is 21.3 Å². The number of para-hydroxylation sites is 2. The van der Waals surface area contributed by atoms with E-state index in [-0.39, 0.29) is 0 Å². The van der Waals surface area contributed by atoms with Crippen molar-refractivity contribution in [1.82, 2.24) is 4.57 Å². The van der Waals surface area contributed by atoms with Crippen molar-refractivity contribution >= 4 is 82.4 Å². The van der Waals surface area contributed by atoms with Gasteiger partial charge >= 0.3 is 0 Å². The number of anilines is 3. The van der Waals surface area contributed by atoms with Crippen LogP contribution in [0.1, 0.15) is 0 Å². The van der Waals surface area contributed by atoms with Crippen LogP contribution >= 0.6 is 0 Å². The lowest BCUT2D eigenvalue weighted by Crippen LogP contribution is -2.10. The van der Waals surface area contributed by atoms with Gasteiger partial charge in [0.2, 0.25) is 0 Å². The van der Waals surface area contributed by atoms with Gasteiger partial charge in [0.25, 0.3) is 0 Å². The summed E-state index contributed by atoms with van der Waals surface area (Å²) in [4.78, 5) is 2.38. The van der Waals surface area contributed by atoms with Gasteiger partial charge in [-0.05, 0) is 123 Å². The first-order valence-electron chi connectivity index (χ1n) is 20.2. The first-order valence-corrected chi connectivity index (χ1v) is 20.2. The average Bonchev–Trinajstić information content (AvgIpc) is 3.85. The Hall–Kier alpha value is -7.88. The Balaban J connectivity index is 1.05. The molecule has 0 saturated heterocycles. The van der Waals surface area contributed by atoms with Crippen LogP contribution in [0, 0.1) is 0 Å². The minimum absolute atomic E-state index is 0.865. The molecular formula is C56H36N2O. The van der Waals surface area contributed by atoms with Crippen LogP contribution in [0.5, 0.6) is 0 Å². The molecule has 59 heavy (non-hydrogen) atoms. The van der Waals surface area contributed by atoms with E-state index in [0.717, 1.165) is 50.3 Å². The van der Waals surface area contributed by atoms with E-state index in [2.05, 4.69) is 228 Å². The van der Waals surface area contributed by atoms with Gasteiger partial charge in [-0.2, -0.15) is 0 Å². The Morgan fingerprint density at radius 1 is 0.339 bits per heavy atom. The Morgan fingerprint density at radius 3 is 1.81 bits per heavy atom. The van der Waals surface area contributed by atoms with Gasteiger partial charge < -0.3 is 13.9 Å². The third-order valence-electron chi connectivity index (χ3n) is 12.0. The van der Waals surface area contributed by atoms with Crippen LogP contribution in [0.25, 0.3) is 93.2 Å². The summed E-state index contributed by atoms with van der Waals surface area (Å²) >= 11 is 0. The van der Waals surface area contributed by atoms with E-state index in [1.54, 1.807) is 0 Å². The van der Waals surface area contributed by atoms with E-state index in [4.69, 9.17) is 4.42 Å². The molecule has 0 amide bonds. The lowest BCUT2D eigenvalue weighted by molar-refractivity contribution is 0.669. The van der Waals surface area contributed by atoms with Gasteiger partial charge in [0.1, 0.15) is 11.2 Å². The van der Waals surface area contributed by atoms with Gasteiger partial charge in [-0.25, -0.2) is 0 Å².